The molecule has 336 valence electrons. The van der Waals surface area contributed by atoms with Crippen molar-refractivity contribution in [2.45, 2.75) is 18.2 Å². The van der Waals surface area contributed by atoms with Crippen LogP contribution in [0.25, 0.3) is 0 Å². The summed E-state index contributed by atoms with van der Waals surface area (Å²) < 4.78 is 24.7. The molecule has 3 aromatic carbocycles. The number of hydrogen-bond donors (Lipinski definition) is 10. The predicted molar refractivity (Wildman–Crippen MR) is 228 cm³/mol. The summed E-state index contributed by atoms with van der Waals surface area (Å²) in [5.74, 6) is -6.32. The van der Waals surface area contributed by atoms with Crippen molar-refractivity contribution in [3.8, 4) is 17.2 Å². The molecule has 0 saturated heterocycles. The number of likely N-dealkylation sites (N-methyl/N-ethyl adjacent to an activating group) is 1. The highest BCUT2D eigenvalue weighted by molar-refractivity contribution is 8.13. The van der Waals surface area contributed by atoms with Crippen LogP contribution in [-0.4, -0.2) is 161 Å². The molecule has 0 spiro atoms. The summed E-state index contributed by atoms with van der Waals surface area (Å²) >= 11 is 0. The van der Waals surface area contributed by atoms with Gasteiger partial charge in [-0.25, -0.2) is 8.42 Å². The number of para-hydroxylation sites is 2. The highest BCUT2D eigenvalue weighted by Crippen LogP contribution is 2.29. The van der Waals surface area contributed by atoms with E-state index in [0.29, 0.717) is 39.1 Å². The van der Waals surface area contributed by atoms with Gasteiger partial charge in [-0.05, 0) is 49.9 Å². The molecule has 0 aliphatic carbocycles. The lowest BCUT2D eigenvalue weighted by Crippen LogP contribution is -2.45. The minimum atomic E-state index is -4.48. The van der Waals surface area contributed by atoms with Crippen molar-refractivity contribution in [1.82, 2.24) is 47.0 Å². The summed E-state index contributed by atoms with van der Waals surface area (Å²) in [4.78, 5) is 81.8. The lowest BCUT2D eigenvalue weighted by molar-refractivity contribution is 0.0915. The topological polar surface area (TPSA) is 288 Å². The smallest absolute Gasteiger partial charge is 0.261 e. The third kappa shape index (κ3) is 13.5. The molecule has 0 unspecified atom stereocenters. The fraction of sp³-hybridized carbons (Fsp3) is 0.400. The second kappa shape index (κ2) is 23.3. The molecular weight excluding hydrogens is 850 g/mol. The van der Waals surface area contributed by atoms with Gasteiger partial charge in [0, 0.05) is 95.8 Å². The van der Waals surface area contributed by atoms with Gasteiger partial charge in [-0.2, -0.15) is 0 Å². The molecule has 1 heterocycles. The van der Waals surface area contributed by atoms with Crippen LogP contribution in [-0.2, 0) is 9.05 Å². The Hall–Kier alpha value is -6.00. The summed E-state index contributed by atoms with van der Waals surface area (Å²) in [5.41, 5.74) is -1.63. The molecule has 4 rings (SSSR count). The lowest BCUT2D eigenvalue weighted by Gasteiger charge is -2.28. The van der Waals surface area contributed by atoms with Crippen LogP contribution >= 0.6 is 10.7 Å². The first-order valence-corrected chi connectivity index (χ1v) is 22.1. The molecule has 10 N–H and O–H groups in total. The number of aromatic hydroxyl groups is 3. The summed E-state index contributed by atoms with van der Waals surface area (Å²) in [6.07, 6.45) is 0.680. The maximum absolute atomic E-state index is 13.4. The van der Waals surface area contributed by atoms with Crippen molar-refractivity contribution in [2.75, 3.05) is 92.1 Å². The van der Waals surface area contributed by atoms with Gasteiger partial charge in [0.2, 0.25) is 0 Å². The number of phenolic OH excluding ortho intramolecular Hbond substituents is 3. The number of halogens is 1. The molecule has 1 aliphatic rings. The van der Waals surface area contributed by atoms with E-state index >= 15 is 0 Å². The zero-order chi connectivity index (χ0) is 45.4. The highest BCUT2D eigenvalue weighted by atomic mass is 35.7. The zero-order valence-corrected chi connectivity index (χ0v) is 35.9. The van der Waals surface area contributed by atoms with E-state index in [1.54, 1.807) is 7.05 Å². The number of nitrogens with one attached hydrogen (secondary N) is 7. The van der Waals surface area contributed by atoms with Crippen LogP contribution < -0.4 is 37.2 Å². The number of carbonyl (C=O) groups is 6. The average Bonchev–Trinajstić information content (AvgIpc) is 3.23. The van der Waals surface area contributed by atoms with E-state index in [1.807, 2.05) is 16.7 Å². The largest absolute Gasteiger partial charge is 0.506 e. The Bertz CT molecular complexity index is 2240. The van der Waals surface area contributed by atoms with Crippen LogP contribution in [0.15, 0.2) is 53.4 Å². The van der Waals surface area contributed by atoms with Gasteiger partial charge >= 0.3 is 0 Å². The zero-order valence-electron chi connectivity index (χ0n) is 34.3. The van der Waals surface area contributed by atoms with Gasteiger partial charge in [0.25, 0.3) is 44.5 Å². The van der Waals surface area contributed by atoms with Crippen molar-refractivity contribution in [2.24, 2.45) is 0 Å². The summed E-state index contributed by atoms with van der Waals surface area (Å²) in [5, 5.41) is 51.5. The molecule has 62 heavy (non-hydrogen) atoms. The fourth-order valence-corrected chi connectivity index (χ4v) is 7.07. The van der Waals surface area contributed by atoms with Gasteiger partial charge in [0.1, 0.15) is 17.2 Å². The first-order valence-electron chi connectivity index (χ1n) is 19.8. The van der Waals surface area contributed by atoms with Gasteiger partial charge in [-0.3, -0.25) is 38.6 Å². The Balaban J connectivity index is 1.58. The molecule has 3 aromatic rings. The number of carbonyl (C=O) groups excluding carboxylic acids is 6. The normalized spacial score (nSPS) is 15.6. The van der Waals surface area contributed by atoms with Crippen molar-refractivity contribution in [1.29, 1.82) is 0 Å². The van der Waals surface area contributed by atoms with E-state index < -0.39 is 77.8 Å². The Kier molecular flexibility index (Phi) is 18.3. The Morgan fingerprint density at radius 2 is 1.05 bits per heavy atom. The van der Waals surface area contributed by atoms with Gasteiger partial charge < -0.3 is 52.5 Å². The van der Waals surface area contributed by atoms with Crippen LogP contribution in [0.1, 0.15) is 75.5 Å². The van der Waals surface area contributed by atoms with Crippen LogP contribution in [0.2, 0.25) is 0 Å². The summed E-state index contributed by atoms with van der Waals surface area (Å²) in [6, 6.07) is 10.00. The molecule has 0 saturated carbocycles. The van der Waals surface area contributed by atoms with Crippen molar-refractivity contribution >= 4 is 55.2 Å². The number of nitrogens with zero attached hydrogens (tertiary/aromatic N) is 2. The number of rotatable bonds is 11. The molecule has 1 aliphatic heterocycles. The highest BCUT2D eigenvalue weighted by Gasteiger charge is 2.26. The van der Waals surface area contributed by atoms with Gasteiger partial charge in [0.15, 0.2) is 0 Å². The number of benzene rings is 3. The number of phenols is 3. The maximum Gasteiger partial charge on any atom is 0.261 e. The lowest BCUT2D eigenvalue weighted by atomic mass is 10.1. The van der Waals surface area contributed by atoms with Crippen molar-refractivity contribution in [3.05, 3.63) is 81.9 Å². The number of amides is 6. The Labute approximate surface area is 363 Å². The van der Waals surface area contributed by atoms with E-state index in [4.69, 9.17) is 10.7 Å². The fourth-order valence-electron chi connectivity index (χ4n) is 6.28. The minimum absolute atomic E-state index is 0.0226. The van der Waals surface area contributed by atoms with Gasteiger partial charge in [-0.1, -0.05) is 19.1 Å². The standard InChI is InChI=1S/C40H52ClN9O11S/c1-3-10-43-35(54)26-6-4-8-28(32(26)51)37(56)46-14-19-50-20-15-47-38(57)29-9-5-7-27(33(29)52)36(55)44-11-12-45-39(58)30-23-25(62(41,60)61)24-31(34(30)53)40(59)48-16-18-49(21-22-50)17-13-42-2/h4-9,23-24,42,51-53H,3,10-22H2,1-2H3,(H,43,54)(H,44,55)(H,45,58)(H,46,56)(H,47,57)(H,48,59). The van der Waals surface area contributed by atoms with Crippen LogP contribution in [0.3, 0.4) is 0 Å². The van der Waals surface area contributed by atoms with E-state index in [-0.39, 0.29) is 74.6 Å². The predicted octanol–water partition coefficient (Wildman–Crippen LogP) is -0.243. The molecule has 6 amide bonds. The third-order valence-corrected chi connectivity index (χ3v) is 11.0. The molecule has 0 aromatic heterocycles. The molecule has 0 radical (unpaired) electrons. The van der Waals surface area contributed by atoms with E-state index in [0.717, 1.165) is 12.1 Å². The molecule has 22 heteroatoms. The number of fused-ring (bicyclic) bond motifs is 4. The Morgan fingerprint density at radius 3 is 1.52 bits per heavy atom. The van der Waals surface area contributed by atoms with E-state index in [2.05, 4.69) is 37.2 Å². The molecule has 0 fully saturated rings. The summed E-state index contributed by atoms with van der Waals surface area (Å²) in [6.45, 7) is 4.64. The molecule has 0 atom stereocenters. The van der Waals surface area contributed by atoms with Gasteiger partial charge in [-0.15, -0.1) is 0 Å². The molecule has 20 nitrogen and oxygen atoms in total. The van der Waals surface area contributed by atoms with Crippen molar-refractivity contribution in [3.63, 3.8) is 0 Å². The maximum atomic E-state index is 13.4. The van der Waals surface area contributed by atoms with Crippen LogP contribution in [0.5, 0.6) is 17.2 Å². The van der Waals surface area contributed by atoms with E-state index in [1.165, 1.54) is 36.4 Å². The SMILES string of the molecule is CCCNC(=O)c1cccc(C(=O)NCCN2CCNC(=O)c3cccc(c3O)C(=O)NCCNC(=O)c3cc(S(=O)(=O)Cl)cc(c3O)C(=O)NCCN(CCNC)CC2)c1O. The van der Waals surface area contributed by atoms with Gasteiger partial charge in [0.05, 0.1) is 38.3 Å². The van der Waals surface area contributed by atoms with Crippen molar-refractivity contribution < 1.29 is 52.5 Å². The van der Waals surface area contributed by atoms with E-state index in [9.17, 15) is 52.5 Å². The first kappa shape index (κ1) is 48.7. The van der Waals surface area contributed by atoms with Crippen LogP contribution in [0, 0.1) is 0 Å². The average molecular weight is 902 g/mol. The second-order valence-electron chi connectivity index (χ2n) is 14.0. The minimum Gasteiger partial charge on any atom is -0.506 e. The monoisotopic (exact) mass is 901 g/mol. The third-order valence-electron chi connectivity index (χ3n) is 9.69. The molecule has 4 bridgehead atoms. The summed E-state index contributed by atoms with van der Waals surface area (Å²) in [7, 11) is 2.86. The molecular formula is C40H52ClN9O11S. The first-order chi connectivity index (χ1) is 29.6. The van der Waals surface area contributed by atoms with Crippen LogP contribution in [0.4, 0.5) is 0 Å². The number of hydrogen-bond acceptors (Lipinski definition) is 14. The quantitative estimate of drug-likeness (QED) is 0.111. The second-order valence-corrected chi connectivity index (χ2v) is 16.6. The Morgan fingerprint density at radius 1 is 0.629 bits per heavy atom.